The van der Waals surface area contributed by atoms with Gasteiger partial charge in [0, 0.05) is 19.7 Å². The molecule has 0 aliphatic rings. The number of carbonyl (C=O) groups is 1. The number of anilines is 1. The first-order valence-electron chi connectivity index (χ1n) is 10.6. The van der Waals surface area contributed by atoms with Crippen molar-refractivity contribution in [3.05, 3.63) is 101 Å². The predicted octanol–water partition coefficient (Wildman–Crippen LogP) is 4.52. The Labute approximate surface area is 194 Å². The summed E-state index contributed by atoms with van der Waals surface area (Å²) in [4.78, 5) is 12.8. The first-order valence-corrected chi connectivity index (χ1v) is 12.0. The van der Waals surface area contributed by atoms with Crippen LogP contribution in [0.25, 0.3) is 0 Å². The number of para-hydroxylation sites is 1. The number of nitrogens with one attached hydrogen (secondary N) is 1. The van der Waals surface area contributed by atoms with E-state index in [2.05, 4.69) is 5.32 Å². The highest BCUT2D eigenvalue weighted by Gasteiger charge is 2.27. The van der Waals surface area contributed by atoms with Gasteiger partial charge in [-0.3, -0.25) is 9.10 Å². The molecule has 0 spiro atoms. The lowest BCUT2D eigenvalue weighted by molar-refractivity contribution is 0.0935. The zero-order chi connectivity index (χ0) is 24.0. The summed E-state index contributed by atoms with van der Waals surface area (Å²) in [5.74, 6) is -0.852. The van der Waals surface area contributed by atoms with Gasteiger partial charge in [0.1, 0.15) is 5.82 Å². The second-order valence-electron chi connectivity index (χ2n) is 7.79. The van der Waals surface area contributed by atoms with Crippen molar-refractivity contribution in [3.63, 3.8) is 0 Å². The Balaban J connectivity index is 1.80. The van der Waals surface area contributed by atoms with Crippen LogP contribution in [-0.4, -0.2) is 32.7 Å². The minimum Gasteiger partial charge on any atom is -0.345 e. The highest BCUT2D eigenvalue weighted by Crippen LogP contribution is 2.25. The van der Waals surface area contributed by atoms with Crippen LogP contribution in [0.1, 0.15) is 40.9 Å². The quantitative estimate of drug-likeness (QED) is 0.501. The number of rotatable bonds is 9. The van der Waals surface area contributed by atoms with Crippen molar-refractivity contribution in [2.45, 2.75) is 25.9 Å². The summed E-state index contributed by atoms with van der Waals surface area (Å²) in [7, 11) is -1.15. The van der Waals surface area contributed by atoms with E-state index in [-0.39, 0.29) is 24.2 Å². The number of hydrogen-bond donors (Lipinski definition) is 1. The molecular formula is C25H28FN3O3S. The van der Waals surface area contributed by atoms with Crippen LogP contribution in [0.15, 0.2) is 78.9 Å². The molecule has 0 unspecified atom stereocenters. The largest absolute Gasteiger partial charge is 0.345 e. The molecule has 0 aliphatic heterocycles. The number of halogens is 1. The highest BCUT2D eigenvalue weighted by molar-refractivity contribution is 7.90. The highest BCUT2D eigenvalue weighted by atomic mass is 32.2. The predicted molar refractivity (Wildman–Crippen MR) is 129 cm³/mol. The molecule has 6 nitrogen and oxygen atoms in total. The van der Waals surface area contributed by atoms with Gasteiger partial charge in [0.2, 0.25) is 0 Å². The molecule has 0 saturated heterocycles. The third kappa shape index (κ3) is 5.77. The van der Waals surface area contributed by atoms with E-state index in [4.69, 9.17) is 0 Å². The number of amides is 1. The van der Waals surface area contributed by atoms with Crippen molar-refractivity contribution in [3.8, 4) is 0 Å². The van der Waals surface area contributed by atoms with Gasteiger partial charge in [-0.15, -0.1) is 0 Å². The lowest BCUT2D eigenvalue weighted by Crippen LogP contribution is -2.40. The Morgan fingerprint density at radius 1 is 0.939 bits per heavy atom. The molecule has 0 radical (unpaired) electrons. The van der Waals surface area contributed by atoms with E-state index in [9.17, 15) is 17.6 Å². The fraction of sp³-hybridized carbons (Fsp3) is 0.240. The van der Waals surface area contributed by atoms with Gasteiger partial charge in [-0.25, -0.2) is 4.39 Å². The van der Waals surface area contributed by atoms with Crippen LogP contribution in [-0.2, 0) is 16.8 Å². The lowest BCUT2D eigenvalue weighted by atomic mass is 10.0. The summed E-state index contributed by atoms with van der Waals surface area (Å²) in [6, 6.07) is 22.0. The Kier molecular flexibility index (Phi) is 7.84. The first-order chi connectivity index (χ1) is 15.7. The SMILES string of the molecule is CC[C@@H](NC(=O)c1ccc(CN(c2ccccc2F)S(=O)(=O)N(C)C)cc1)c1ccccc1. The van der Waals surface area contributed by atoms with Gasteiger partial charge in [0.25, 0.3) is 5.91 Å². The minimum absolute atomic E-state index is 0.0401. The first kappa shape index (κ1) is 24.4. The molecule has 1 amide bonds. The van der Waals surface area contributed by atoms with Crippen molar-refractivity contribution in [2.75, 3.05) is 18.4 Å². The van der Waals surface area contributed by atoms with Gasteiger partial charge in [-0.1, -0.05) is 61.5 Å². The third-order valence-corrected chi connectivity index (χ3v) is 7.12. The molecular weight excluding hydrogens is 441 g/mol. The number of hydrogen-bond acceptors (Lipinski definition) is 3. The second kappa shape index (κ2) is 10.6. The molecule has 33 heavy (non-hydrogen) atoms. The molecule has 174 valence electrons. The Morgan fingerprint density at radius 2 is 1.55 bits per heavy atom. The molecule has 0 aromatic heterocycles. The topological polar surface area (TPSA) is 69.7 Å². The van der Waals surface area contributed by atoms with E-state index in [1.807, 2.05) is 37.3 Å². The molecule has 0 saturated carbocycles. The summed E-state index contributed by atoms with van der Waals surface area (Å²) in [5.41, 5.74) is 2.07. The maximum Gasteiger partial charge on any atom is 0.303 e. The summed E-state index contributed by atoms with van der Waals surface area (Å²) >= 11 is 0. The summed E-state index contributed by atoms with van der Waals surface area (Å²) in [6.45, 7) is 1.93. The van der Waals surface area contributed by atoms with E-state index in [0.29, 0.717) is 11.1 Å². The van der Waals surface area contributed by atoms with Crippen LogP contribution in [0.3, 0.4) is 0 Å². The molecule has 0 bridgehead atoms. The average molecular weight is 470 g/mol. The summed E-state index contributed by atoms with van der Waals surface area (Å²) < 4.78 is 42.2. The van der Waals surface area contributed by atoms with Crippen molar-refractivity contribution in [1.82, 2.24) is 9.62 Å². The van der Waals surface area contributed by atoms with E-state index in [1.54, 1.807) is 30.3 Å². The van der Waals surface area contributed by atoms with Crippen LogP contribution in [0.5, 0.6) is 0 Å². The Bertz CT molecular complexity index is 1180. The summed E-state index contributed by atoms with van der Waals surface area (Å²) in [5, 5.41) is 3.03. The molecule has 1 N–H and O–H groups in total. The van der Waals surface area contributed by atoms with E-state index >= 15 is 0 Å². The smallest absolute Gasteiger partial charge is 0.303 e. The molecule has 3 rings (SSSR count). The van der Waals surface area contributed by atoms with E-state index in [0.717, 1.165) is 20.6 Å². The molecule has 3 aromatic carbocycles. The fourth-order valence-corrected chi connectivity index (χ4v) is 4.52. The van der Waals surface area contributed by atoms with E-state index in [1.165, 1.54) is 32.3 Å². The Hall–Kier alpha value is -3.23. The van der Waals surface area contributed by atoms with Crippen LogP contribution < -0.4 is 9.62 Å². The normalized spacial score (nSPS) is 12.4. The van der Waals surface area contributed by atoms with Gasteiger partial charge >= 0.3 is 10.2 Å². The van der Waals surface area contributed by atoms with Crippen LogP contribution >= 0.6 is 0 Å². The van der Waals surface area contributed by atoms with Gasteiger partial charge in [-0.2, -0.15) is 12.7 Å². The van der Waals surface area contributed by atoms with Gasteiger partial charge in [-0.05, 0) is 41.8 Å². The summed E-state index contributed by atoms with van der Waals surface area (Å²) in [6.07, 6.45) is 0.744. The standard InChI is InChI=1S/C25H28FN3O3S/c1-4-23(20-10-6-5-7-11-20)27-25(30)21-16-14-19(15-17-21)18-29(33(31,32)28(2)3)24-13-9-8-12-22(24)26/h5-17,23H,4,18H2,1-3H3,(H,27,30)/t23-/m1/s1. The van der Waals surface area contributed by atoms with Crippen LogP contribution in [0, 0.1) is 5.82 Å². The zero-order valence-corrected chi connectivity index (χ0v) is 19.7. The van der Waals surface area contributed by atoms with Crippen molar-refractivity contribution < 1.29 is 17.6 Å². The van der Waals surface area contributed by atoms with Crippen molar-refractivity contribution >= 4 is 21.8 Å². The van der Waals surface area contributed by atoms with Crippen LogP contribution in [0.4, 0.5) is 10.1 Å². The van der Waals surface area contributed by atoms with Crippen molar-refractivity contribution in [1.29, 1.82) is 0 Å². The molecule has 0 aliphatic carbocycles. The van der Waals surface area contributed by atoms with Gasteiger partial charge in [0.15, 0.2) is 0 Å². The van der Waals surface area contributed by atoms with E-state index < -0.39 is 16.0 Å². The van der Waals surface area contributed by atoms with Gasteiger partial charge < -0.3 is 5.32 Å². The monoisotopic (exact) mass is 469 g/mol. The number of nitrogens with zero attached hydrogens (tertiary/aromatic N) is 2. The average Bonchev–Trinajstić information content (AvgIpc) is 2.82. The minimum atomic E-state index is -3.94. The molecule has 0 fully saturated rings. The molecule has 3 aromatic rings. The number of benzene rings is 3. The second-order valence-corrected chi connectivity index (χ2v) is 9.86. The molecule has 8 heteroatoms. The maximum absolute atomic E-state index is 14.4. The molecule has 0 heterocycles. The zero-order valence-electron chi connectivity index (χ0n) is 18.9. The third-order valence-electron chi connectivity index (χ3n) is 5.32. The maximum atomic E-state index is 14.4. The van der Waals surface area contributed by atoms with Crippen LogP contribution in [0.2, 0.25) is 0 Å². The lowest BCUT2D eigenvalue weighted by Gasteiger charge is -2.27. The molecule has 1 atom stereocenters. The van der Waals surface area contributed by atoms with Gasteiger partial charge in [0.05, 0.1) is 18.3 Å². The number of carbonyl (C=O) groups excluding carboxylic acids is 1. The van der Waals surface area contributed by atoms with Crippen molar-refractivity contribution in [2.24, 2.45) is 0 Å². The Morgan fingerprint density at radius 3 is 2.12 bits per heavy atom. The fourth-order valence-electron chi connectivity index (χ4n) is 3.42.